The van der Waals surface area contributed by atoms with E-state index in [1.807, 2.05) is 11.0 Å². The normalized spacial score (nSPS) is 13.9. The van der Waals surface area contributed by atoms with Crippen LogP contribution in [-0.2, 0) is 17.6 Å². The van der Waals surface area contributed by atoms with Gasteiger partial charge in [-0.3, -0.25) is 9.78 Å². The van der Waals surface area contributed by atoms with Crippen molar-refractivity contribution in [2.24, 2.45) is 0 Å². The van der Waals surface area contributed by atoms with Crippen molar-refractivity contribution in [1.82, 2.24) is 4.98 Å². The van der Waals surface area contributed by atoms with Crippen LogP contribution in [0.15, 0.2) is 36.5 Å². The Balaban J connectivity index is 1.85. The van der Waals surface area contributed by atoms with Crippen molar-refractivity contribution in [2.45, 2.75) is 26.2 Å². The van der Waals surface area contributed by atoms with Gasteiger partial charge in [0.15, 0.2) is 0 Å². The van der Waals surface area contributed by atoms with Gasteiger partial charge >= 0.3 is 0 Å². The van der Waals surface area contributed by atoms with Crippen LogP contribution in [0.3, 0.4) is 0 Å². The Hall–Kier alpha value is -2.36. The first kappa shape index (κ1) is 13.6. The molecule has 1 aliphatic heterocycles. The van der Waals surface area contributed by atoms with E-state index < -0.39 is 0 Å². The molecule has 0 atom stereocenters. The molecule has 1 amide bonds. The highest BCUT2D eigenvalue weighted by Gasteiger charge is 2.24. The van der Waals surface area contributed by atoms with Gasteiger partial charge in [-0.25, -0.2) is 0 Å². The van der Waals surface area contributed by atoms with Crippen LogP contribution >= 0.6 is 0 Å². The van der Waals surface area contributed by atoms with Crippen molar-refractivity contribution in [3.8, 4) is 0 Å². The van der Waals surface area contributed by atoms with E-state index in [-0.39, 0.29) is 5.91 Å². The lowest BCUT2D eigenvalue weighted by atomic mass is 9.98. The summed E-state index contributed by atoms with van der Waals surface area (Å²) in [7, 11) is 0. The number of nitrogens with zero attached hydrogens (tertiary/aromatic N) is 2. The minimum absolute atomic E-state index is 0.0996. The van der Waals surface area contributed by atoms with Gasteiger partial charge < -0.3 is 10.6 Å². The molecule has 0 saturated heterocycles. The van der Waals surface area contributed by atoms with Crippen LogP contribution in [-0.4, -0.2) is 17.4 Å². The van der Waals surface area contributed by atoms with E-state index >= 15 is 0 Å². The molecule has 0 saturated carbocycles. The van der Waals surface area contributed by atoms with Crippen LogP contribution in [0.5, 0.6) is 0 Å². The Bertz CT molecular complexity index is 664. The minimum atomic E-state index is 0.0996. The fraction of sp³-hybridized carbons (Fsp3) is 0.294. The molecular formula is C17H19N3O. The zero-order chi connectivity index (χ0) is 14.8. The van der Waals surface area contributed by atoms with Crippen LogP contribution < -0.4 is 10.6 Å². The van der Waals surface area contributed by atoms with Gasteiger partial charge in [-0.05, 0) is 43.0 Å². The van der Waals surface area contributed by atoms with E-state index in [9.17, 15) is 4.79 Å². The first-order chi connectivity index (χ1) is 10.1. The quantitative estimate of drug-likeness (QED) is 0.920. The van der Waals surface area contributed by atoms with Crippen molar-refractivity contribution in [2.75, 3.05) is 17.2 Å². The number of fused-ring (bicyclic) bond motifs is 1. The number of rotatable bonds is 2. The predicted octanol–water partition coefficient (Wildman–Crippen LogP) is 2.49. The van der Waals surface area contributed by atoms with Crippen molar-refractivity contribution in [3.05, 3.63) is 53.3 Å². The Morgan fingerprint density at radius 3 is 2.95 bits per heavy atom. The number of hydrogen-bond acceptors (Lipinski definition) is 3. The monoisotopic (exact) mass is 281 g/mol. The number of carbonyl (C=O) groups excluding carboxylic acids is 1. The van der Waals surface area contributed by atoms with E-state index in [2.05, 4.69) is 30.1 Å². The number of benzene rings is 1. The van der Waals surface area contributed by atoms with Gasteiger partial charge in [0.05, 0.1) is 18.3 Å². The summed E-state index contributed by atoms with van der Waals surface area (Å²) < 4.78 is 0. The summed E-state index contributed by atoms with van der Waals surface area (Å²) in [5.74, 6) is 0.0996. The number of aryl methyl sites for hydroxylation is 2. The Morgan fingerprint density at radius 2 is 2.19 bits per heavy atom. The summed E-state index contributed by atoms with van der Waals surface area (Å²) in [5, 5.41) is 0. The molecular weight excluding hydrogens is 262 g/mol. The minimum Gasteiger partial charge on any atom is -0.397 e. The number of aromatic nitrogens is 1. The maximum absolute atomic E-state index is 12.6. The molecule has 1 aromatic carbocycles. The average Bonchev–Trinajstić information content (AvgIpc) is 2.49. The fourth-order valence-corrected chi connectivity index (χ4v) is 2.89. The van der Waals surface area contributed by atoms with Gasteiger partial charge in [0, 0.05) is 17.9 Å². The lowest BCUT2D eigenvalue weighted by Crippen LogP contribution is -2.37. The largest absolute Gasteiger partial charge is 0.397 e. The average molecular weight is 281 g/mol. The van der Waals surface area contributed by atoms with Crippen molar-refractivity contribution < 1.29 is 4.79 Å². The number of anilines is 2. The first-order valence-electron chi connectivity index (χ1n) is 7.24. The topological polar surface area (TPSA) is 59.2 Å². The third-order valence-corrected chi connectivity index (χ3v) is 3.90. The SMILES string of the molecule is Cc1cccc2c1N(C(=O)Cc1ccc(N)cn1)CCC2. The van der Waals surface area contributed by atoms with Crippen molar-refractivity contribution in [1.29, 1.82) is 0 Å². The summed E-state index contributed by atoms with van der Waals surface area (Å²) >= 11 is 0. The van der Waals surface area contributed by atoms with Crippen LogP contribution in [0.2, 0.25) is 0 Å². The zero-order valence-corrected chi connectivity index (χ0v) is 12.2. The second kappa shape index (κ2) is 5.56. The molecule has 4 nitrogen and oxygen atoms in total. The van der Waals surface area contributed by atoms with E-state index in [0.717, 1.165) is 36.3 Å². The molecule has 0 unspecified atom stereocenters. The van der Waals surface area contributed by atoms with Gasteiger partial charge in [0.1, 0.15) is 0 Å². The Kier molecular flexibility index (Phi) is 3.60. The Labute approximate surface area is 124 Å². The molecule has 4 heteroatoms. The number of para-hydroxylation sites is 1. The molecule has 3 rings (SSSR count). The van der Waals surface area contributed by atoms with Crippen LogP contribution in [0.4, 0.5) is 11.4 Å². The second-order valence-electron chi connectivity index (χ2n) is 5.49. The lowest BCUT2D eigenvalue weighted by Gasteiger charge is -2.31. The summed E-state index contributed by atoms with van der Waals surface area (Å²) in [6, 6.07) is 9.83. The number of amides is 1. The van der Waals surface area contributed by atoms with Crippen LogP contribution in [0.1, 0.15) is 23.2 Å². The first-order valence-corrected chi connectivity index (χ1v) is 7.24. The summed E-state index contributed by atoms with van der Waals surface area (Å²) in [4.78, 5) is 18.7. The third-order valence-electron chi connectivity index (χ3n) is 3.90. The zero-order valence-electron chi connectivity index (χ0n) is 12.2. The molecule has 2 heterocycles. The maximum atomic E-state index is 12.6. The van der Waals surface area contributed by atoms with Gasteiger partial charge in [-0.1, -0.05) is 18.2 Å². The fourth-order valence-electron chi connectivity index (χ4n) is 2.89. The molecule has 2 aromatic rings. The van der Waals surface area contributed by atoms with Gasteiger partial charge in [-0.15, -0.1) is 0 Å². The number of nitrogen functional groups attached to an aromatic ring is 1. The highest BCUT2D eigenvalue weighted by molar-refractivity contribution is 5.96. The van der Waals surface area contributed by atoms with Gasteiger partial charge in [0.2, 0.25) is 5.91 Å². The Morgan fingerprint density at radius 1 is 1.33 bits per heavy atom. The summed E-state index contributed by atoms with van der Waals surface area (Å²) in [6.07, 6.45) is 3.96. The van der Waals surface area contributed by atoms with Crippen LogP contribution in [0, 0.1) is 6.92 Å². The van der Waals surface area contributed by atoms with Gasteiger partial charge in [-0.2, -0.15) is 0 Å². The number of pyridine rings is 1. The molecule has 1 aromatic heterocycles. The third kappa shape index (κ3) is 2.75. The molecule has 0 radical (unpaired) electrons. The number of hydrogen-bond donors (Lipinski definition) is 1. The standard InChI is InChI=1S/C17H19N3O/c1-12-4-2-5-13-6-3-9-20(17(12)13)16(21)10-15-8-7-14(18)11-19-15/h2,4-5,7-8,11H,3,6,9-10,18H2,1H3. The number of carbonyl (C=O) groups is 1. The number of nitrogens with two attached hydrogens (primary N) is 1. The lowest BCUT2D eigenvalue weighted by molar-refractivity contribution is -0.118. The predicted molar refractivity (Wildman–Crippen MR) is 84.2 cm³/mol. The van der Waals surface area contributed by atoms with Crippen molar-refractivity contribution in [3.63, 3.8) is 0 Å². The molecule has 0 aliphatic carbocycles. The maximum Gasteiger partial charge on any atom is 0.233 e. The van der Waals surface area contributed by atoms with E-state index in [4.69, 9.17) is 5.73 Å². The molecule has 1 aliphatic rings. The van der Waals surface area contributed by atoms with E-state index in [0.29, 0.717) is 12.1 Å². The van der Waals surface area contributed by atoms with Crippen molar-refractivity contribution >= 4 is 17.3 Å². The van der Waals surface area contributed by atoms with E-state index in [1.54, 1.807) is 12.3 Å². The summed E-state index contributed by atoms with van der Waals surface area (Å²) in [5.41, 5.74) is 10.5. The van der Waals surface area contributed by atoms with Gasteiger partial charge in [0.25, 0.3) is 0 Å². The molecule has 0 bridgehead atoms. The molecule has 2 N–H and O–H groups in total. The smallest absolute Gasteiger partial charge is 0.233 e. The summed E-state index contributed by atoms with van der Waals surface area (Å²) in [6.45, 7) is 2.84. The highest BCUT2D eigenvalue weighted by atomic mass is 16.2. The highest BCUT2D eigenvalue weighted by Crippen LogP contribution is 2.30. The van der Waals surface area contributed by atoms with Crippen LogP contribution in [0.25, 0.3) is 0 Å². The molecule has 0 spiro atoms. The molecule has 108 valence electrons. The molecule has 21 heavy (non-hydrogen) atoms. The van der Waals surface area contributed by atoms with E-state index in [1.165, 1.54) is 5.56 Å². The second-order valence-corrected chi connectivity index (χ2v) is 5.49. The molecule has 0 fully saturated rings.